The molecule has 2 saturated heterocycles. The molecule has 0 spiro atoms. The summed E-state index contributed by atoms with van der Waals surface area (Å²) in [5.74, 6) is -1.84. The van der Waals surface area contributed by atoms with E-state index in [0.29, 0.717) is 32.1 Å². The summed E-state index contributed by atoms with van der Waals surface area (Å²) in [6.07, 6.45) is 0.318. The number of carbonyl (C=O) groups excluding carboxylic acids is 3. The second-order valence-electron chi connectivity index (χ2n) is 8.94. The Kier molecular flexibility index (Phi) is 7.89. The first kappa shape index (κ1) is 25.2. The van der Waals surface area contributed by atoms with Crippen LogP contribution in [0.15, 0.2) is 48.7 Å². The minimum absolute atomic E-state index is 0.0257. The number of methoxy groups -OCH3 is 1. The average molecular weight is 498 g/mol. The molecule has 2 aliphatic rings. The van der Waals surface area contributed by atoms with Crippen molar-refractivity contribution in [3.63, 3.8) is 0 Å². The first-order valence-corrected chi connectivity index (χ1v) is 11.9. The predicted octanol–water partition coefficient (Wildman–Crippen LogP) is 1.45. The van der Waals surface area contributed by atoms with Crippen LogP contribution in [0, 0.1) is 12.8 Å². The van der Waals surface area contributed by atoms with Gasteiger partial charge in [0.2, 0.25) is 17.7 Å². The van der Waals surface area contributed by atoms with E-state index in [1.54, 1.807) is 22.6 Å². The molecule has 1 aromatic heterocycles. The molecule has 4 rings (SSSR count). The van der Waals surface area contributed by atoms with Crippen molar-refractivity contribution in [3.05, 3.63) is 54.2 Å². The van der Waals surface area contributed by atoms with Crippen LogP contribution < -0.4 is 15.1 Å². The van der Waals surface area contributed by atoms with Crippen molar-refractivity contribution in [3.8, 4) is 5.88 Å². The summed E-state index contributed by atoms with van der Waals surface area (Å²) in [7, 11) is 1.22. The number of benzene rings is 1. The summed E-state index contributed by atoms with van der Waals surface area (Å²) < 4.78 is 10.9. The topological polar surface area (TPSA) is 125 Å². The average Bonchev–Trinajstić information content (AvgIpc) is 2.92. The fourth-order valence-corrected chi connectivity index (χ4v) is 4.82. The first-order chi connectivity index (χ1) is 17.4. The van der Waals surface area contributed by atoms with Crippen molar-refractivity contribution in [2.75, 3.05) is 44.7 Å². The van der Waals surface area contributed by atoms with Crippen molar-refractivity contribution in [1.82, 2.24) is 20.3 Å². The van der Waals surface area contributed by atoms with E-state index in [2.05, 4.69) is 9.88 Å². The lowest BCUT2D eigenvalue weighted by atomic mass is 9.86. The molecule has 192 valence electrons. The number of piperazine rings is 1. The van der Waals surface area contributed by atoms with E-state index in [1.807, 2.05) is 43.3 Å². The number of amides is 3. The highest BCUT2D eigenvalue weighted by Gasteiger charge is 2.49. The smallest absolute Gasteiger partial charge is 0.410 e. The van der Waals surface area contributed by atoms with Crippen LogP contribution in [0.1, 0.15) is 12.0 Å². The number of piperidine rings is 1. The molecule has 3 amide bonds. The Morgan fingerprint density at radius 3 is 2.44 bits per heavy atom. The third-order valence-electron chi connectivity index (χ3n) is 6.63. The molecule has 2 aromatic rings. The van der Waals surface area contributed by atoms with Gasteiger partial charge in [-0.1, -0.05) is 18.2 Å². The van der Waals surface area contributed by atoms with E-state index in [1.165, 1.54) is 12.0 Å². The van der Waals surface area contributed by atoms with E-state index in [0.717, 1.165) is 11.3 Å². The summed E-state index contributed by atoms with van der Waals surface area (Å²) in [5.41, 5.74) is 3.66. The second-order valence-corrected chi connectivity index (χ2v) is 8.94. The lowest BCUT2D eigenvalue weighted by Crippen LogP contribution is -2.64. The molecule has 36 heavy (non-hydrogen) atoms. The maximum Gasteiger partial charge on any atom is 0.410 e. The summed E-state index contributed by atoms with van der Waals surface area (Å²) in [6.45, 7) is 4.01. The number of carbonyl (C=O) groups is 3. The van der Waals surface area contributed by atoms with Crippen LogP contribution in [0.2, 0.25) is 0 Å². The van der Waals surface area contributed by atoms with Gasteiger partial charge in [-0.15, -0.1) is 0 Å². The van der Waals surface area contributed by atoms with Crippen LogP contribution in [0.25, 0.3) is 0 Å². The number of ether oxygens (including phenoxy) is 2. The van der Waals surface area contributed by atoms with Crippen LogP contribution in [0.5, 0.6) is 5.88 Å². The maximum absolute atomic E-state index is 13.7. The molecule has 2 fully saturated rings. The van der Waals surface area contributed by atoms with Crippen LogP contribution in [-0.4, -0.2) is 89.9 Å². The molecule has 2 N–H and O–H groups in total. The minimum atomic E-state index is -1.14. The van der Waals surface area contributed by atoms with Gasteiger partial charge in [-0.2, -0.15) is 0 Å². The lowest BCUT2D eigenvalue weighted by Gasteiger charge is -2.44. The minimum Gasteiger partial charge on any atom is -0.472 e. The quantitative estimate of drug-likeness (QED) is 0.470. The fourth-order valence-electron chi connectivity index (χ4n) is 4.82. The number of pyridine rings is 1. The van der Waals surface area contributed by atoms with Gasteiger partial charge in [0.15, 0.2) is 0 Å². The van der Waals surface area contributed by atoms with Gasteiger partial charge < -0.3 is 19.3 Å². The lowest BCUT2D eigenvalue weighted by molar-refractivity contribution is -0.151. The monoisotopic (exact) mass is 497 g/mol. The molecule has 0 unspecified atom stereocenters. The number of likely N-dealkylation sites (tertiary alicyclic amines) is 1. The van der Waals surface area contributed by atoms with Crippen molar-refractivity contribution < 1.29 is 29.1 Å². The molecule has 2 aliphatic heterocycles. The molecule has 1 aromatic carbocycles. The highest BCUT2D eigenvalue weighted by Crippen LogP contribution is 2.30. The van der Waals surface area contributed by atoms with Crippen molar-refractivity contribution >= 4 is 23.6 Å². The summed E-state index contributed by atoms with van der Waals surface area (Å²) in [4.78, 5) is 48.4. The zero-order valence-corrected chi connectivity index (χ0v) is 20.4. The summed E-state index contributed by atoms with van der Waals surface area (Å²) in [5, 5.41) is 9.43. The normalized spacial score (nSPS) is 22.1. The number of hydrogen-bond donors (Lipinski definition) is 2. The van der Waals surface area contributed by atoms with Gasteiger partial charge in [-0.25, -0.2) is 15.3 Å². The van der Waals surface area contributed by atoms with Crippen LogP contribution >= 0.6 is 0 Å². The fraction of sp³-hybridized carbons (Fsp3) is 0.440. The van der Waals surface area contributed by atoms with Gasteiger partial charge in [0.1, 0.15) is 12.1 Å². The number of aromatic nitrogens is 1. The standard InChI is InChI=1S/C25H31N5O6/c1-17-8-9-26-21(14-17)36-19-15-20(23(31)27-34)22(30(16-19)25(33)35-2)24(32)29-12-10-28(11-13-29)18-6-4-3-5-7-18/h3-9,14,19-20,22,34H,10-13,15-16H2,1-2H3,(H,27,31)/t19-,20-,22-/m0/s1. The highest BCUT2D eigenvalue weighted by molar-refractivity contribution is 5.92. The van der Waals surface area contributed by atoms with E-state index in [4.69, 9.17) is 9.47 Å². The summed E-state index contributed by atoms with van der Waals surface area (Å²) in [6, 6.07) is 12.3. The Morgan fingerprint density at radius 2 is 1.81 bits per heavy atom. The molecule has 11 heteroatoms. The zero-order chi connectivity index (χ0) is 25.7. The Bertz CT molecular complexity index is 1050. The van der Waals surface area contributed by atoms with Gasteiger partial charge in [0.25, 0.3) is 0 Å². The number of para-hydroxylation sites is 1. The molecule has 3 atom stereocenters. The van der Waals surface area contributed by atoms with Crippen molar-refractivity contribution in [2.45, 2.75) is 25.5 Å². The Hall–Kier alpha value is -3.86. The number of anilines is 1. The molecule has 0 bridgehead atoms. The number of hydroxylamine groups is 1. The van der Waals surface area contributed by atoms with Gasteiger partial charge in [-0.3, -0.25) is 19.7 Å². The predicted molar refractivity (Wildman–Crippen MR) is 130 cm³/mol. The van der Waals surface area contributed by atoms with E-state index in [-0.39, 0.29) is 18.9 Å². The Balaban J connectivity index is 1.53. The molecular formula is C25H31N5O6. The van der Waals surface area contributed by atoms with Gasteiger partial charge in [-0.05, 0) is 30.7 Å². The maximum atomic E-state index is 13.7. The largest absolute Gasteiger partial charge is 0.472 e. The molecule has 0 saturated carbocycles. The van der Waals surface area contributed by atoms with Crippen molar-refractivity contribution in [2.24, 2.45) is 5.92 Å². The van der Waals surface area contributed by atoms with E-state index < -0.39 is 30.1 Å². The zero-order valence-electron chi connectivity index (χ0n) is 20.4. The van der Waals surface area contributed by atoms with Crippen molar-refractivity contribution in [1.29, 1.82) is 0 Å². The first-order valence-electron chi connectivity index (χ1n) is 11.9. The molecule has 3 heterocycles. The molecular weight excluding hydrogens is 466 g/mol. The van der Waals surface area contributed by atoms with E-state index in [9.17, 15) is 19.6 Å². The number of nitrogens with zero attached hydrogens (tertiary/aromatic N) is 4. The number of aryl methyl sites for hydroxylation is 1. The van der Waals surface area contributed by atoms with Crippen LogP contribution in [0.4, 0.5) is 10.5 Å². The molecule has 11 nitrogen and oxygen atoms in total. The van der Waals surface area contributed by atoms with Gasteiger partial charge in [0, 0.05) is 50.6 Å². The van der Waals surface area contributed by atoms with Crippen LogP contribution in [-0.2, 0) is 14.3 Å². The molecule has 0 aliphatic carbocycles. The second kappa shape index (κ2) is 11.3. The van der Waals surface area contributed by atoms with Gasteiger partial charge in [0.05, 0.1) is 19.6 Å². The third kappa shape index (κ3) is 5.51. The van der Waals surface area contributed by atoms with Gasteiger partial charge >= 0.3 is 6.09 Å². The third-order valence-corrected chi connectivity index (χ3v) is 6.63. The Labute approximate surface area is 209 Å². The number of rotatable bonds is 5. The molecule has 0 radical (unpaired) electrons. The Morgan fingerprint density at radius 1 is 1.08 bits per heavy atom. The summed E-state index contributed by atoms with van der Waals surface area (Å²) >= 11 is 0. The SMILES string of the molecule is COC(=O)N1C[C@@H](Oc2cc(C)ccn2)C[C@H](C(=O)NO)[C@H]1C(=O)N1CCN(c2ccccc2)CC1. The number of hydrogen-bond acceptors (Lipinski definition) is 8. The van der Waals surface area contributed by atoms with Crippen LogP contribution in [0.3, 0.4) is 0 Å². The number of nitrogens with one attached hydrogen (secondary N) is 1. The highest BCUT2D eigenvalue weighted by atomic mass is 16.5. The van der Waals surface area contributed by atoms with E-state index >= 15 is 0 Å².